The Morgan fingerprint density at radius 3 is 2.44 bits per heavy atom. The van der Waals surface area contributed by atoms with Gasteiger partial charge in [0.2, 0.25) is 5.60 Å². The van der Waals surface area contributed by atoms with Crippen LogP contribution in [0.5, 0.6) is 0 Å². The highest BCUT2D eigenvalue weighted by molar-refractivity contribution is 6.09. The highest BCUT2D eigenvalue weighted by Crippen LogP contribution is 2.51. The maximum Gasteiger partial charge on any atom is 0.351 e. The molecule has 1 heterocycles. The Kier molecular flexibility index (Phi) is 6.31. The Labute approximate surface area is 188 Å². The smallest absolute Gasteiger partial charge is 0.351 e. The number of fused-ring (bicyclic) bond motifs is 3. The van der Waals surface area contributed by atoms with Gasteiger partial charge in [-0.1, -0.05) is 22.8 Å². The quantitative estimate of drug-likeness (QED) is 0.373. The molecule has 7 nitrogen and oxygen atoms in total. The molecule has 0 bridgehead atoms. The number of ether oxygens (including phenoxy) is 3. The molecule has 0 aromatic heterocycles. The van der Waals surface area contributed by atoms with Crippen molar-refractivity contribution in [1.29, 1.82) is 0 Å². The highest BCUT2D eigenvalue weighted by Gasteiger charge is 2.65. The number of esters is 3. The van der Waals surface area contributed by atoms with Crippen LogP contribution < -0.4 is 0 Å². The first-order chi connectivity index (χ1) is 14.9. The minimum Gasteiger partial charge on any atom is -0.458 e. The van der Waals surface area contributed by atoms with E-state index >= 15 is 0 Å². The second-order valence-corrected chi connectivity index (χ2v) is 9.19. The van der Waals surface area contributed by atoms with Gasteiger partial charge >= 0.3 is 17.9 Å². The maximum atomic E-state index is 13.1. The van der Waals surface area contributed by atoms with E-state index in [2.05, 4.69) is 0 Å². The number of carbonyl (C=O) groups excluding carboxylic acids is 4. The van der Waals surface area contributed by atoms with Crippen molar-refractivity contribution in [2.45, 2.75) is 72.7 Å². The lowest BCUT2D eigenvalue weighted by molar-refractivity contribution is -0.174. The van der Waals surface area contributed by atoms with Gasteiger partial charge in [-0.15, -0.1) is 0 Å². The average molecular weight is 443 g/mol. The lowest BCUT2D eigenvalue weighted by Crippen LogP contribution is -2.50. The lowest BCUT2D eigenvalue weighted by Gasteiger charge is -2.34. The van der Waals surface area contributed by atoms with Crippen molar-refractivity contribution in [1.82, 2.24) is 0 Å². The summed E-state index contributed by atoms with van der Waals surface area (Å²) in [6.45, 7) is 12.0. The largest absolute Gasteiger partial charge is 0.458 e. The Bertz CT molecular complexity index is 1010. The van der Waals surface area contributed by atoms with Crippen LogP contribution in [0.2, 0.25) is 0 Å². The molecule has 7 heteroatoms. The Morgan fingerprint density at radius 1 is 1.19 bits per heavy atom. The minimum absolute atomic E-state index is 0.133. The van der Waals surface area contributed by atoms with Crippen molar-refractivity contribution in [3.8, 4) is 0 Å². The van der Waals surface area contributed by atoms with Gasteiger partial charge < -0.3 is 14.2 Å². The maximum absolute atomic E-state index is 13.1. The zero-order valence-corrected chi connectivity index (χ0v) is 19.6. The number of rotatable bonds is 4. The summed E-state index contributed by atoms with van der Waals surface area (Å²) in [4.78, 5) is 51.0. The van der Waals surface area contributed by atoms with Crippen LogP contribution in [0.3, 0.4) is 0 Å². The number of hydrogen-bond acceptors (Lipinski definition) is 7. The van der Waals surface area contributed by atoms with Crippen molar-refractivity contribution in [2.75, 3.05) is 0 Å². The van der Waals surface area contributed by atoms with Gasteiger partial charge in [-0.2, -0.15) is 0 Å². The molecule has 3 rings (SSSR count). The van der Waals surface area contributed by atoms with Gasteiger partial charge in [0.05, 0.1) is 5.92 Å². The van der Waals surface area contributed by atoms with E-state index in [-0.39, 0.29) is 12.2 Å². The van der Waals surface area contributed by atoms with E-state index in [1.165, 1.54) is 13.0 Å². The second-order valence-electron chi connectivity index (χ2n) is 9.19. The van der Waals surface area contributed by atoms with E-state index in [1.54, 1.807) is 39.8 Å². The molecule has 0 unspecified atom stereocenters. The van der Waals surface area contributed by atoms with Crippen molar-refractivity contribution in [3.63, 3.8) is 0 Å². The normalized spacial score (nSPS) is 31.8. The summed E-state index contributed by atoms with van der Waals surface area (Å²) >= 11 is 0. The molecule has 32 heavy (non-hydrogen) atoms. The lowest BCUT2D eigenvalue weighted by atomic mass is 9.77. The van der Waals surface area contributed by atoms with E-state index < -0.39 is 47.6 Å². The molecule has 0 radical (unpaired) electrons. The number of allylic oxidation sites excluding steroid dienone is 3. The monoisotopic (exact) mass is 442 g/mol. The molecule has 5 atom stereocenters. The number of ketones is 1. The van der Waals surface area contributed by atoms with Gasteiger partial charge in [-0.25, -0.2) is 14.4 Å². The van der Waals surface area contributed by atoms with Crippen LogP contribution in [0.25, 0.3) is 0 Å². The van der Waals surface area contributed by atoms with Crippen LogP contribution >= 0.6 is 0 Å². The van der Waals surface area contributed by atoms with Gasteiger partial charge in [-0.05, 0) is 54.5 Å². The topological polar surface area (TPSA) is 96.0 Å². The van der Waals surface area contributed by atoms with Crippen molar-refractivity contribution in [3.05, 3.63) is 46.1 Å². The standard InChI is InChI=1S/C25H30O7/c1-8-13(4)23(28)30-17-11-15(6)19-16(26)10-14(5)20(19)22-21(17)25(7,24(29)31-22)32-18(27)9-12(2)3/h8-10,17,20-22H,11H2,1-7H3/b13-8+/t17-,20+,21-,22-,25-/m0/s1. The molecule has 3 aliphatic rings. The van der Waals surface area contributed by atoms with Crippen LogP contribution in [0.15, 0.2) is 46.1 Å². The van der Waals surface area contributed by atoms with Crippen LogP contribution in [0.4, 0.5) is 0 Å². The molecule has 2 aliphatic carbocycles. The zero-order valence-electron chi connectivity index (χ0n) is 19.6. The van der Waals surface area contributed by atoms with Crippen molar-refractivity contribution >= 4 is 23.7 Å². The number of carbonyl (C=O) groups is 4. The molecule has 0 aromatic carbocycles. The van der Waals surface area contributed by atoms with Crippen LogP contribution in [0, 0.1) is 11.8 Å². The molecule has 0 amide bonds. The fourth-order valence-corrected chi connectivity index (χ4v) is 4.85. The predicted octanol–water partition coefficient (Wildman–Crippen LogP) is 3.54. The second kappa shape index (κ2) is 8.52. The number of hydrogen-bond donors (Lipinski definition) is 0. The molecule has 172 valence electrons. The SMILES string of the molecule is C/C=C(\C)C(=O)O[C@H]1CC(C)=C2C(=O)C=C(C)[C@H]2[C@@H]2OC(=O)[C@@](C)(OC(=O)C=C(C)C)[C@H]21. The summed E-state index contributed by atoms with van der Waals surface area (Å²) in [7, 11) is 0. The summed E-state index contributed by atoms with van der Waals surface area (Å²) in [6.07, 6.45) is 3.09. The third-order valence-electron chi connectivity index (χ3n) is 6.49. The Morgan fingerprint density at radius 2 is 1.84 bits per heavy atom. The molecule has 0 spiro atoms. The fraction of sp³-hybridized carbons (Fsp3) is 0.520. The average Bonchev–Trinajstić information content (AvgIpc) is 3.06. The van der Waals surface area contributed by atoms with Gasteiger partial charge in [0, 0.05) is 29.6 Å². The molecule has 1 saturated heterocycles. The molecule has 0 N–H and O–H groups in total. The van der Waals surface area contributed by atoms with Gasteiger partial charge in [-0.3, -0.25) is 4.79 Å². The fourth-order valence-electron chi connectivity index (χ4n) is 4.85. The molecule has 1 fully saturated rings. The van der Waals surface area contributed by atoms with Gasteiger partial charge in [0.15, 0.2) is 5.78 Å². The molecule has 0 saturated carbocycles. The van der Waals surface area contributed by atoms with Crippen LogP contribution in [0.1, 0.15) is 54.9 Å². The Hall–Kier alpha value is -2.96. The summed E-state index contributed by atoms with van der Waals surface area (Å²) in [5.74, 6) is -3.30. The van der Waals surface area contributed by atoms with Crippen LogP contribution in [-0.2, 0) is 33.4 Å². The van der Waals surface area contributed by atoms with Crippen LogP contribution in [-0.4, -0.2) is 41.5 Å². The third kappa shape index (κ3) is 3.96. The van der Waals surface area contributed by atoms with Gasteiger partial charge in [0.1, 0.15) is 12.2 Å². The van der Waals surface area contributed by atoms with E-state index in [1.807, 2.05) is 13.8 Å². The zero-order chi connectivity index (χ0) is 24.0. The first-order valence-corrected chi connectivity index (χ1v) is 10.8. The van der Waals surface area contributed by atoms with Crippen molar-refractivity contribution < 1.29 is 33.4 Å². The van der Waals surface area contributed by atoms with Crippen molar-refractivity contribution in [2.24, 2.45) is 11.8 Å². The molecular formula is C25H30O7. The summed E-state index contributed by atoms with van der Waals surface area (Å²) < 4.78 is 17.3. The minimum atomic E-state index is -1.68. The molecule has 0 aromatic rings. The predicted molar refractivity (Wildman–Crippen MR) is 116 cm³/mol. The Balaban J connectivity index is 2.11. The highest BCUT2D eigenvalue weighted by atomic mass is 16.6. The van der Waals surface area contributed by atoms with E-state index in [9.17, 15) is 19.2 Å². The molecular weight excluding hydrogens is 412 g/mol. The van der Waals surface area contributed by atoms with E-state index in [0.29, 0.717) is 16.7 Å². The third-order valence-corrected chi connectivity index (χ3v) is 6.49. The first kappa shape index (κ1) is 23.7. The van der Waals surface area contributed by atoms with E-state index in [4.69, 9.17) is 14.2 Å². The summed E-state index contributed by atoms with van der Waals surface area (Å²) in [5, 5.41) is 0. The summed E-state index contributed by atoms with van der Waals surface area (Å²) in [6, 6.07) is 0. The molecule has 1 aliphatic heterocycles. The summed E-state index contributed by atoms with van der Waals surface area (Å²) in [5.41, 5.74) is 1.55. The van der Waals surface area contributed by atoms with Gasteiger partial charge in [0.25, 0.3) is 0 Å². The first-order valence-electron chi connectivity index (χ1n) is 10.8. The van der Waals surface area contributed by atoms with E-state index in [0.717, 1.165) is 11.1 Å².